The number of carbonyl (C=O) groups excluding carboxylic acids is 1. The number of ether oxygens (including phenoxy) is 2. The number of fused-ring (bicyclic) bond motifs is 2. The van der Waals surface area contributed by atoms with Crippen molar-refractivity contribution in [2.45, 2.75) is 57.6 Å². The van der Waals surface area contributed by atoms with Crippen LogP contribution in [0.25, 0.3) is 33.5 Å². The maximum Gasteiger partial charge on any atom is 0.432 e. The lowest BCUT2D eigenvalue weighted by molar-refractivity contribution is 0.0288. The number of hydrogen-bond donors (Lipinski definition) is 1. The second-order valence-corrected chi connectivity index (χ2v) is 11.6. The summed E-state index contributed by atoms with van der Waals surface area (Å²) in [5.74, 6) is 0.238. The lowest BCUT2D eigenvalue weighted by atomic mass is 9.97. The molecule has 12 nitrogen and oxygen atoms in total. The van der Waals surface area contributed by atoms with Gasteiger partial charge in [0, 0.05) is 36.5 Å². The number of aromatic nitrogens is 5. The van der Waals surface area contributed by atoms with Gasteiger partial charge >= 0.3 is 12.2 Å². The van der Waals surface area contributed by atoms with Crippen molar-refractivity contribution in [1.82, 2.24) is 29.4 Å². The number of rotatable bonds is 4. The summed E-state index contributed by atoms with van der Waals surface area (Å²) in [7, 11) is 1.52. The molecule has 2 aliphatic rings. The molecule has 2 atom stereocenters. The van der Waals surface area contributed by atoms with Crippen molar-refractivity contribution in [1.29, 1.82) is 5.26 Å². The van der Waals surface area contributed by atoms with Crippen LogP contribution in [0.3, 0.4) is 0 Å². The van der Waals surface area contributed by atoms with E-state index in [9.17, 15) is 20.0 Å². The third kappa shape index (κ3) is 4.70. The molecule has 1 aliphatic carbocycles. The third-order valence-corrected chi connectivity index (χ3v) is 7.77. The molecule has 0 bridgehead atoms. The highest BCUT2D eigenvalue weighted by Gasteiger charge is 2.32. The Hall–Kier alpha value is -4.92. The zero-order valence-corrected chi connectivity index (χ0v) is 23.9. The minimum Gasteiger partial charge on any atom is -0.494 e. The molecule has 3 aromatic heterocycles. The van der Waals surface area contributed by atoms with E-state index in [1.807, 2.05) is 39.0 Å². The van der Waals surface area contributed by atoms with Crippen LogP contribution in [0, 0.1) is 11.3 Å². The average Bonchev–Trinajstić information content (AvgIpc) is 3.74. The molecule has 1 N–H and O–H groups in total. The van der Waals surface area contributed by atoms with E-state index >= 15 is 0 Å². The van der Waals surface area contributed by atoms with Gasteiger partial charge in [0.2, 0.25) is 0 Å². The largest absolute Gasteiger partial charge is 0.494 e. The van der Waals surface area contributed by atoms with E-state index in [-0.39, 0.29) is 23.6 Å². The van der Waals surface area contributed by atoms with Crippen LogP contribution < -0.4 is 4.74 Å². The van der Waals surface area contributed by atoms with Crippen molar-refractivity contribution in [2.24, 2.45) is 0 Å². The topological polar surface area (TPSA) is 148 Å². The predicted molar refractivity (Wildman–Crippen MR) is 152 cm³/mol. The van der Waals surface area contributed by atoms with E-state index in [4.69, 9.17) is 14.5 Å². The average molecular weight is 570 g/mol. The summed E-state index contributed by atoms with van der Waals surface area (Å²) in [5, 5.41) is 28.5. The monoisotopic (exact) mass is 569 g/mol. The van der Waals surface area contributed by atoms with Gasteiger partial charge in [-0.3, -0.25) is 4.68 Å². The van der Waals surface area contributed by atoms with Gasteiger partial charge in [0.15, 0.2) is 0 Å². The molecule has 0 spiro atoms. The van der Waals surface area contributed by atoms with Crippen LogP contribution in [0.4, 0.5) is 9.59 Å². The number of hydrogen-bond acceptors (Lipinski definition) is 8. The molecule has 0 radical (unpaired) electrons. The molecule has 42 heavy (non-hydrogen) atoms. The first-order chi connectivity index (χ1) is 20.1. The molecule has 1 unspecified atom stereocenters. The molecule has 1 amide bonds. The molecular weight excluding hydrogens is 538 g/mol. The number of nitriles is 1. The Morgan fingerprint density at radius 3 is 2.71 bits per heavy atom. The first-order valence-electron chi connectivity index (χ1n) is 13.8. The highest BCUT2D eigenvalue weighted by molar-refractivity contribution is 5.97. The van der Waals surface area contributed by atoms with E-state index in [2.05, 4.69) is 16.3 Å². The molecule has 1 saturated heterocycles. The van der Waals surface area contributed by atoms with Crippen LogP contribution in [-0.2, 0) is 11.2 Å². The van der Waals surface area contributed by atoms with Crippen LogP contribution in [0.5, 0.6) is 5.75 Å². The van der Waals surface area contributed by atoms with Gasteiger partial charge in [0.25, 0.3) is 0 Å². The SMILES string of the molecule is COc1cc2c(nc1-c1cccc3c1CCC3C#N)c(-c1cnn([C@H]3CCN(C(=O)OC(C)(C)C)C3)c1)nn2C(=O)O. The number of carbonyl (C=O) groups is 2. The van der Waals surface area contributed by atoms with Crippen molar-refractivity contribution in [2.75, 3.05) is 20.2 Å². The molecule has 1 fully saturated rings. The van der Waals surface area contributed by atoms with Crippen molar-refractivity contribution in [3.8, 4) is 34.3 Å². The predicted octanol–water partition coefficient (Wildman–Crippen LogP) is 5.23. The van der Waals surface area contributed by atoms with E-state index in [0.717, 1.165) is 34.2 Å². The molecular formula is C30H31N7O5. The second-order valence-electron chi connectivity index (χ2n) is 11.6. The minimum absolute atomic E-state index is 0.0670. The van der Waals surface area contributed by atoms with Gasteiger partial charge in [-0.25, -0.2) is 14.6 Å². The first kappa shape index (κ1) is 27.3. The van der Waals surface area contributed by atoms with Crippen molar-refractivity contribution < 1.29 is 24.2 Å². The molecule has 216 valence electrons. The third-order valence-electron chi connectivity index (χ3n) is 7.77. The number of likely N-dealkylation sites (tertiary alicyclic amines) is 1. The number of pyridine rings is 1. The van der Waals surface area contributed by atoms with Gasteiger partial charge in [-0.1, -0.05) is 18.2 Å². The summed E-state index contributed by atoms with van der Waals surface area (Å²) in [6.45, 7) is 6.50. The molecule has 1 aromatic carbocycles. The fraction of sp³-hybridized carbons (Fsp3) is 0.400. The Morgan fingerprint density at radius 2 is 2.00 bits per heavy atom. The molecule has 4 aromatic rings. The van der Waals surface area contributed by atoms with Gasteiger partial charge in [0.1, 0.15) is 33.8 Å². The van der Waals surface area contributed by atoms with E-state index in [1.165, 1.54) is 7.11 Å². The lowest BCUT2D eigenvalue weighted by Crippen LogP contribution is -2.35. The second kappa shape index (κ2) is 10.2. The number of carboxylic acid groups (broad SMARTS) is 1. The van der Waals surface area contributed by atoms with Gasteiger partial charge in [-0.05, 0) is 51.2 Å². The van der Waals surface area contributed by atoms with Gasteiger partial charge in [-0.15, -0.1) is 0 Å². The molecule has 6 rings (SSSR count). The lowest BCUT2D eigenvalue weighted by Gasteiger charge is -2.24. The minimum atomic E-state index is -1.25. The summed E-state index contributed by atoms with van der Waals surface area (Å²) in [6.07, 6.45) is 4.00. The van der Waals surface area contributed by atoms with Crippen LogP contribution >= 0.6 is 0 Å². The van der Waals surface area contributed by atoms with E-state index in [0.29, 0.717) is 47.7 Å². The Balaban J connectivity index is 1.39. The number of amides is 1. The standard InChI is InChI=1S/C30H31N7O5/c1-30(2,3)42-29(40)35-11-10-19(16-35)36-15-18(14-32-36)25-27-23(37(34-25)28(38)39)12-24(41-4)26(33-27)22-7-5-6-20-17(13-31)8-9-21(20)22/h5-7,12,14-15,17,19H,8-11,16H2,1-4H3,(H,38,39)/t17?,19-/m0/s1. The number of methoxy groups -OCH3 is 1. The fourth-order valence-corrected chi connectivity index (χ4v) is 5.83. The van der Waals surface area contributed by atoms with Crippen LogP contribution in [0.1, 0.15) is 56.7 Å². The summed E-state index contributed by atoms with van der Waals surface area (Å²) in [6, 6.07) is 9.78. The smallest absolute Gasteiger partial charge is 0.432 e. The van der Waals surface area contributed by atoms with Crippen LogP contribution in [0.15, 0.2) is 36.7 Å². The Morgan fingerprint density at radius 1 is 1.19 bits per heavy atom. The summed E-state index contributed by atoms with van der Waals surface area (Å²) in [4.78, 5) is 31.3. The quantitative estimate of drug-likeness (QED) is 0.349. The van der Waals surface area contributed by atoms with E-state index < -0.39 is 11.7 Å². The van der Waals surface area contributed by atoms with Gasteiger partial charge < -0.3 is 19.5 Å². The van der Waals surface area contributed by atoms with Crippen LogP contribution in [-0.4, -0.2) is 72.5 Å². The maximum atomic E-state index is 12.6. The highest BCUT2D eigenvalue weighted by Crippen LogP contribution is 2.42. The fourth-order valence-electron chi connectivity index (χ4n) is 5.83. The molecule has 0 saturated carbocycles. The zero-order chi connectivity index (χ0) is 29.8. The first-order valence-corrected chi connectivity index (χ1v) is 13.8. The molecule has 1 aliphatic heterocycles. The van der Waals surface area contributed by atoms with E-state index in [1.54, 1.807) is 28.0 Å². The number of nitrogens with zero attached hydrogens (tertiary/aromatic N) is 7. The molecule has 12 heteroatoms. The maximum absolute atomic E-state index is 12.6. The van der Waals surface area contributed by atoms with Gasteiger partial charge in [0.05, 0.1) is 31.3 Å². The summed E-state index contributed by atoms with van der Waals surface area (Å²) in [5.41, 5.74) is 4.50. The van der Waals surface area contributed by atoms with Crippen molar-refractivity contribution in [3.63, 3.8) is 0 Å². The Kier molecular flexibility index (Phi) is 6.60. The van der Waals surface area contributed by atoms with Crippen LogP contribution in [0.2, 0.25) is 0 Å². The van der Waals surface area contributed by atoms with Gasteiger partial charge in [-0.2, -0.15) is 20.1 Å². The Bertz CT molecular complexity index is 1760. The normalized spacial score (nSPS) is 18.2. The number of benzene rings is 1. The summed E-state index contributed by atoms with van der Waals surface area (Å²) >= 11 is 0. The Labute approximate surface area is 242 Å². The summed E-state index contributed by atoms with van der Waals surface area (Å²) < 4.78 is 13.9. The van der Waals surface area contributed by atoms with Crippen molar-refractivity contribution >= 4 is 23.2 Å². The molecule has 4 heterocycles. The van der Waals surface area contributed by atoms with Crippen molar-refractivity contribution in [3.05, 3.63) is 47.8 Å². The highest BCUT2D eigenvalue weighted by atomic mass is 16.6. The zero-order valence-electron chi connectivity index (χ0n) is 23.9.